The summed E-state index contributed by atoms with van der Waals surface area (Å²) >= 11 is 0. The normalized spacial score (nSPS) is 31.0. The minimum Gasteiger partial charge on any atom is -0.385 e. The molecule has 2 bridgehead atoms. The highest BCUT2D eigenvalue weighted by atomic mass is 16.3. The summed E-state index contributed by atoms with van der Waals surface area (Å²) in [6.07, 6.45) is 7.23. The maximum atomic E-state index is 11.3. The molecule has 2 fully saturated rings. The van der Waals surface area contributed by atoms with Gasteiger partial charge in [-0.2, -0.15) is 0 Å². The number of piperidine rings is 2. The lowest BCUT2D eigenvalue weighted by Crippen LogP contribution is -2.55. The van der Waals surface area contributed by atoms with Crippen LogP contribution in [0.1, 0.15) is 37.7 Å². The number of hydrogen-bond donors (Lipinski definition) is 1. The average Bonchev–Trinajstić information content (AvgIpc) is 2.57. The van der Waals surface area contributed by atoms with Crippen molar-refractivity contribution < 1.29 is 5.11 Å². The highest BCUT2D eigenvalue weighted by Gasteiger charge is 2.44. The second-order valence-electron chi connectivity index (χ2n) is 7.14. The van der Waals surface area contributed by atoms with E-state index in [-0.39, 0.29) is 0 Å². The van der Waals surface area contributed by atoms with E-state index < -0.39 is 5.60 Å². The lowest BCUT2D eigenvalue weighted by Gasteiger charge is -2.50. The SMILES string of the molecule is CN1C2CCCC1CC(O)(c1ccc(-c3ccccn3)cc1)C2. The highest BCUT2D eigenvalue weighted by molar-refractivity contribution is 5.59. The van der Waals surface area contributed by atoms with E-state index in [9.17, 15) is 5.11 Å². The molecule has 3 nitrogen and oxygen atoms in total. The van der Waals surface area contributed by atoms with Crippen LogP contribution in [0, 0.1) is 0 Å². The molecule has 4 rings (SSSR count). The first kappa shape index (κ1) is 14.9. The van der Waals surface area contributed by atoms with Crippen LogP contribution < -0.4 is 0 Å². The van der Waals surface area contributed by atoms with Gasteiger partial charge in [-0.05, 0) is 50.4 Å². The first-order valence-corrected chi connectivity index (χ1v) is 8.62. The van der Waals surface area contributed by atoms with Crippen molar-refractivity contribution in [2.45, 2.75) is 49.8 Å². The quantitative estimate of drug-likeness (QED) is 0.921. The van der Waals surface area contributed by atoms with Gasteiger partial charge in [0.05, 0.1) is 11.3 Å². The molecule has 0 aliphatic carbocycles. The molecule has 1 aromatic carbocycles. The molecule has 3 heteroatoms. The van der Waals surface area contributed by atoms with E-state index in [1.807, 2.05) is 24.4 Å². The van der Waals surface area contributed by atoms with Crippen LogP contribution in [0.4, 0.5) is 0 Å². The Kier molecular flexibility index (Phi) is 3.70. The van der Waals surface area contributed by atoms with Gasteiger partial charge in [-0.1, -0.05) is 36.8 Å². The predicted molar refractivity (Wildman–Crippen MR) is 92.0 cm³/mol. The lowest BCUT2D eigenvalue weighted by atomic mass is 9.73. The minimum atomic E-state index is -0.676. The fraction of sp³-hybridized carbons (Fsp3) is 0.450. The van der Waals surface area contributed by atoms with E-state index in [2.05, 4.69) is 41.2 Å². The molecular formula is C20H24N2O. The summed E-state index contributed by atoms with van der Waals surface area (Å²) < 4.78 is 0. The number of aromatic nitrogens is 1. The standard InChI is InChI=1S/C20H24N2O/c1-22-17-5-4-6-18(22)14-20(23,13-17)16-10-8-15(9-11-16)19-7-2-3-12-21-19/h2-3,7-12,17-18,23H,4-6,13-14H2,1H3. The smallest absolute Gasteiger partial charge is 0.0926 e. The number of fused-ring (bicyclic) bond motifs is 2. The molecular weight excluding hydrogens is 284 g/mol. The van der Waals surface area contributed by atoms with Crippen LogP contribution in [-0.2, 0) is 5.60 Å². The van der Waals surface area contributed by atoms with E-state index in [1.165, 1.54) is 19.3 Å². The third-order valence-corrected chi connectivity index (χ3v) is 5.76. The van der Waals surface area contributed by atoms with Crippen molar-refractivity contribution in [3.63, 3.8) is 0 Å². The van der Waals surface area contributed by atoms with Gasteiger partial charge in [0.15, 0.2) is 0 Å². The summed E-state index contributed by atoms with van der Waals surface area (Å²) in [5.74, 6) is 0. The van der Waals surface area contributed by atoms with Crippen molar-refractivity contribution >= 4 is 0 Å². The third-order valence-electron chi connectivity index (χ3n) is 5.76. The number of pyridine rings is 1. The van der Waals surface area contributed by atoms with Crippen LogP contribution in [0.25, 0.3) is 11.3 Å². The molecule has 120 valence electrons. The second-order valence-corrected chi connectivity index (χ2v) is 7.14. The van der Waals surface area contributed by atoms with Gasteiger partial charge >= 0.3 is 0 Å². The van der Waals surface area contributed by atoms with Gasteiger partial charge in [0, 0.05) is 23.8 Å². The minimum absolute atomic E-state index is 0.517. The molecule has 0 amide bonds. The Hall–Kier alpha value is -1.71. The molecule has 2 aromatic rings. The van der Waals surface area contributed by atoms with E-state index >= 15 is 0 Å². The maximum Gasteiger partial charge on any atom is 0.0926 e. The molecule has 2 atom stereocenters. The fourth-order valence-corrected chi connectivity index (χ4v) is 4.37. The molecule has 0 saturated carbocycles. The van der Waals surface area contributed by atoms with Crippen molar-refractivity contribution in [3.8, 4) is 11.3 Å². The van der Waals surface area contributed by atoms with Crippen molar-refractivity contribution in [3.05, 3.63) is 54.2 Å². The van der Waals surface area contributed by atoms with Gasteiger partial charge in [-0.3, -0.25) is 4.98 Å². The van der Waals surface area contributed by atoms with Crippen molar-refractivity contribution in [2.75, 3.05) is 7.05 Å². The number of nitrogens with zero attached hydrogens (tertiary/aromatic N) is 2. The summed E-state index contributed by atoms with van der Waals surface area (Å²) in [6, 6.07) is 15.3. The Bertz CT molecular complexity index is 654. The monoisotopic (exact) mass is 308 g/mol. The van der Waals surface area contributed by atoms with Gasteiger partial charge in [-0.15, -0.1) is 0 Å². The summed E-state index contributed by atoms with van der Waals surface area (Å²) in [5, 5.41) is 11.3. The van der Waals surface area contributed by atoms with Crippen LogP contribution in [0.2, 0.25) is 0 Å². The third kappa shape index (κ3) is 2.68. The Morgan fingerprint density at radius 3 is 2.35 bits per heavy atom. The first-order chi connectivity index (χ1) is 11.2. The summed E-state index contributed by atoms with van der Waals surface area (Å²) in [6.45, 7) is 0. The molecule has 1 aromatic heterocycles. The molecule has 2 unspecified atom stereocenters. The number of aliphatic hydroxyl groups is 1. The zero-order valence-corrected chi connectivity index (χ0v) is 13.7. The fourth-order valence-electron chi connectivity index (χ4n) is 4.37. The Labute approximate surface area is 138 Å². The Morgan fingerprint density at radius 2 is 1.74 bits per heavy atom. The number of rotatable bonds is 2. The molecule has 23 heavy (non-hydrogen) atoms. The van der Waals surface area contributed by atoms with Crippen LogP contribution in [0.5, 0.6) is 0 Å². The molecule has 2 aliphatic heterocycles. The van der Waals surface area contributed by atoms with Gasteiger partial charge in [0.1, 0.15) is 0 Å². The number of benzene rings is 1. The average molecular weight is 308 g/mol. The van der Waals surface area contributed by atoms with Crippen LogP contribution >= 0.6 is 0 Å². The van der Waals surface area contributed by atoms with Gasteiger partial charge in [0.2, 0.25) is 0 Å². The molecule has 1 N–H and O–H groups in total. The van der Waals surface area contributed by atoms with Crippen molar-refractivity contribution in [1.82, 2.24) is 9.88 Å². The van der Waals surface area contributed by atoms with Crippen molar-refractivity contribution in [1.29, 1.82) is 0 Å². The molecule has 2 saturated heterocycles. The van der Waals surface area contributed by atoms with E-state index in [1.54, 1.807) is 0 Å². The van der Waals surface area contributed by atoms with E-state index in [4.69, 9.17) is 0 Å². The van der Waals surface area contributed by atoms with Crippen LogP contribution in [-0.4, -0.2) is 34.1 Å². The Balaban J connectivity index is 1.60. The van der Waals surface area contributed by atoms with Gasteiger partial charge in [0.25, 0.3) is 0 Å². The topological polar surface area (TPSA) is 36.4 Å². The predicted octanol–water partition coefficient (Wildman–Crippen LogP) is 3.58. The molecule has 2 aliphatic rings. The van der Waals surface area contributed by atoms with Gasteiger partial charge < -0.3 is 10.0 Å². The Morgan fingerprint density at radius 1 is 1.04 bits per heavy atom. The van der Waals surface area contributed by atoms with E-state index in [0.29, 0.717) is 12.1 Å². The largest absolute Gasteiger partial charge is 0.385 e. The van der Waals surface area contributed by atoms with Crippen LogP contribution in [0.3, 0.4) is 0 Å². The summed E-state index contributed by atoms with van der Waals surface area (Å²) in [7, 11) is 2.22. The van der Waals surface area contributed by atoms with Gasteiger partial charge in [-0.25, -0.2) is 0 Å². The van der Waals surface area contributed by atoms with Crippen LogP contribution in [0.15, 0.2) is 48.7 Å². The maximum absolute atomic E-state index is 11.3. The highest BCUT2D eigenvalue weighted by Crippen LogP contribution is 2.43. The zero-order chi connectivity index (χ0) is 15.9. The molecule has 0 radical (unpaired) electrons. The first-order valence-electron chi connectivity index (χ1n) is 8.62. The zero-order valence-electron chi connectivity index (χ0n) is 13.7. The molecule has 3 heterocycles. The van der Waals surface area contributed by atoms with Crippen molar-refractivity contribution in [2.24, 2.45) is 0 Å². The summed E-state index contributed by atoms with van der Waals surface area (Å²) in [4.78, 5) is 6.88. The van der Waals surface area contributed by atoms with E-state index in [0.717, 1.165) is 29.7 Å². The second kappa shape index (κ2) is 5.73. The molecule has 0 spiro atoms. The lowest BCUT2D eigenvalue weighted by molar-refractivity contribution is -0.0874. The number of hydrogen-bond acceptors (Lipinski definition) is 3. The summed E-state index contributed by atoms with van der Waals surface area (Å²) in [5.41, 5.74) is 2.46.